The van der Waals surface area contributed by atoms with Gasteiger partial charge in [0.1, 0.15) is 0 Å². The molecule has 2 atom stereocenters. The van der Waals surface area contributed by atoms with Gasteiger partial charge in [0.15, 0.2) is 0 Å². The van der Waals surface area contributed by atoms with E-state index in [1.54, 1.807) is 0 Å². The van der Waals surface area contributed by atoms with Crippen LogP contribution in [0.4, 0.5) is 4.79 Å². The van der Waals surface area contributed by atoms with Crippen LogP contribution in [0.2, 0.25) is 0 Å². The van der Waals surface area contributed by atoms with Crippen molar-refractivity contribution in [1.29, 1.82) is 0 Å². The topological polar surface area (TPSA) is 61.4 Å². The van der Waals surface area contributed by atoms with Gasteiger partial charge in [0, 0.05) is 17.8 Å². The average molecular weight is 300 g/mol. The van der Waals surface area contributed by atoms with Crippen LogP contribution >= 0.6 is 11.8 Å². The zero-order valence-corrected chi connectivity index (χ0v) is 13.3. The highest BCUT2D eigenvalue weighted by Gasteiger charge is 2.31. The highest BCUT2D eigenvalue weighted by molar-refractivity contribution is 7.99. The van der Waals surface area contributed by atoms with Gasteiger partial charge in [0.25, 0.3) is 0 Å². The van der Waals surface area contributed by atoms with Gasteiger partial charge in [-0.1, -0.05) is 26.2 Å². The summed E-state index contributed by atoms with van der Waals surface area (Å²) in [6.45, 7) is 2.58. The van der Waals surface area contributed by atoms with E-state index >= 15 is 0 Å². The summed E-state index contributed by atoms with van der Waals surface area (Å²) in [6.07, 6.45) is 8.40. The van der Waals surface area contributed by atoms with E-state index < -0.39 is 5.60 Å². The van der Waals surface area contributed by atoms with Crippen LogP contribution in [0.3, 0.4) is 0 Å². The van der Waals surface area contributed by atoms with Crippen molar-refractivity contribution >= 4 is 17.8 Å². The van der Waals surface area contributed by atoms with E-state index in [-0.39, 0.29) is 6.03 Å². The Labute approximate surface area is 126 Å². The first-order valence-electron chi connectivity index (χ1n) is 8.00. The third-order valence-electron chi connectivity index (χ3n) is 4.48. The lowest BCUT2D eigenvalue weighted by molar-refractivity contribution is 0.0499. The normalized spacial score (nSPS) is 29.1. The number of hydrogen-bond donors (Lipinski definition) is 3. The van der Waals surface area contributed by atoms with Crippen molar-refractivity contribution in [3.63, 3.8) is 0 Å². The third kappa shape index (κ3) is 4.85. The van der Waals surface area contributed by atoms with Gasteiger partial charge in [0.2, 0.25) is 0 Å². The molecule has 116 valence electrons. The predicted molar refractivity (Wildman–Crippen MR) is 84.1 cm³/mol. The Morgan fingerprint density at radius 1 is 1.30 bits per heavy atom. The van der Waals surface area contributed by atoms with Gasteiger partial charge in [-0.2, -0.15) is 11.8 Å². The summed E-state index contributed by atoms with van der Waals surface area (Å²) in [5.74, 6) is 1.15. The lowest BCUT2D eigenvalue weighted by Gasteiger charge is -2.30. The first-order chi connectivity index (χ1) is 9.61. The second kappa shape index (κ2) is 7.55. The van der Waals surface area contributed by atoms with Crippen molar-refractivity contribution in [3.8, 4) is 0 Å². The number of amides is 2. The van der Waals surface area contributed by atoms with Gasteiger partial charge in [0.05, 0.1) is 5.60 Å². The molecule has 4 nitrogen and oxygen atoms in total. The van der Waals surface area contributed by atoms with Crippen LogP contribution in [-0.2, 0) is 0 Å². The lowest BCUT2D eigenvalue weighted by atomic mass is 9.95. The van der Waals surface area contributed by atoms with E-state index in [4.69, 9.17) is 0 Å². The molecule has 3 N–H and O–H groups in total. The summed E-state index contributed by atoms with van der Waals surface area (Å²) in [5, 5.41) is 16.8. The van der Waals surface area contributed by atoms with Crippen LogP contribution in [0.1, 0.15) is 58.3 Å². The first kappa shape index (κ1) is 16.0. The Bertz CT molecular complexity index is 317. The SMILES string of the molecule is CCSC1CCCC(NC(=O)NCC2(O)CCCC2)C1. The average Bonchev–Trinajstić information content (AvgIpc) is 2.85. The van der Waals surface area contributed by atoms with Crippen molar-refractivity contribution in [2.24, 2.45) is 0 Å². The molecule has 2 saturated carbocycles. The van der Waals surface area contributed by atoms with Crippen LogP contribution in [0, 0.1) is 0 Å². The first-order valence-corrected chi connectivity index (χ1v) is 9.04. The molecule has 2 aliphatic carbocycles. The summed E-state index contributed by atoms with van der Waals surface area (Å²) in [5.41, 5.74) is -0.662. The minimum Gasteiger partial charge on any atom is -0.388 e. The van der Waals surface area contributed by atoms with E-state index in [9.17, 15) is 9.90 Å². The molecule has 2 amide bonds. The predicted octanol–water partition coefficient (Wildman–Crippen LogP) is 2.66. The van der Waals surface area contributed by atoms with Crippen molar-refractivity contribution in [1.82, 2.24) is 10.6 Å². The highest BCUT2D eigenvalue weighted by Crippen LogP contribution is 2.29. The maximum absolute atomic E-state index is 11.9. The zero-order chi connectivity index (χ0) is 14.4. The molecular weight excluding hydrogens is 272 g/mol. The fraction of sp³-hybridized carbons (Fsp3) is 0.933. The van der Waals surface area contributed by atoms with Crippen LogP contribution in [0.5, 0.6) is 0 Å². The van der Waals surface area contributed by atoms with Crippen molar-refractivity contribution < 1.29 is 9.90 Å². The fourth-order valence-electron chi connectivity index (χ4n) is 3.35. The van der Waals surface area contributed by atoms with Crippen LogP contribution in [-0.4, -0.2) is 40.3 Å². The monoisotopic (exact) mass is 300 g/mol. The number of nitrogens with one attached hydrogen (secondary N) is 2. The van der Waals surface area contributed by atoms with Crippen LogP contribution < -0.4 is 10.6 Å². The summed E-state index contributed by atoms with van der Waals surface area (Å²) < 4.78 is 0. The van der Waals surface area contributed by atoms with E-state index in [0.717, 1.165) is 44.3 Å². The molecule has 20 heavy (non-hydrogen) atoms. The maximum atomic E-state index is 11.9. The van der Waals surface area contributed by atoms with Crippen LogP contribution in [0.25, 0.3) is 0 Å². The number of carbonyl (C=O) groups is 1. The summed E-state index contributed by atoms with van der Waals surface area (Å²) in [6, 6.07) is 0.184. The zero-order valence-electron chi connectivity index (χ0n) is 12.5. The number of hydrogen-bond acceptors (Lipinski definition) is 3. The van der Waals surface area contributed by atoms with Gasteiger partial charge < -0.3 is 15.7 Å². The minimum absolute atomic E-state index is 0.113. The van der Waals surface area contributed by atoms with Crippen molar-refractivity contribution in [3.05, 3.63) is 0 Å². The quantitative estimate of drug-likeness (QED) is 0.731. The molecule has 2 fully saturated rings. The van der Waals surface area contributed by atoms with Gasteiger partial charge in [-0.3, -0.25) is 0 Å². The van der Waals surface area contributed by atoms with Gasteiger partial charge in [-0.15, -0.1) is 0 Å². The Morgan fingerprint density at radius 3 is 2.75 bits per heavy atom. The van der Waals surface area contributed by atoms with Crippen LogP contribution in [0.15, 0.2) is 0 Å². The smallest absolute Gasteiger partial charge is 0.315 e. The summed E-state index contributed by atoms with van der Waals surface area (Å²) in [4.78, 5) is 11.9. The summed E-state index contributed by atoms with van der Waals surface area (Å²) in [7, 11) is 0. The van der Waals surface area contributed by atoms with Crippen molar-refractivity contribution in [2.45, 2.75) is 75.2 Å². The van der Waals surface area contributed by atoms with E-state index in [2.05, 4.69) is 17.6 Å². The molecule has 0 aliphatic heterocycles. The maximum Gasteiger partial charge on any atom is 0.315 e. The molecule has 2 rings (SSSR count). The second-order valence-electron chi connectivity index (χ2n) is 6.20. The van der Waals surface area contributed by atoms with Crippen molar-refractivity contribution in [2.75, 3.05) is 12.3 Å². The fourth-order valence-corrected chi connectivity index (χ4v) is 4.53. The molecule has 0 bridgehead atoms. The number of urea groups is 1. The summed E-state index contributed by atoms with van der Waals surface area (Å²) >= 11 is 2.00. The lowest BCUT2D eigenvalue weighted by Crippen LogP contribution is -2.49. The number of carbonyl (C=O) groups excluding carboxylic acids is 1. The third-order valence-corrected chi connectivity index (χ3v) is 5.71. The molecule has 0 aromatic rings. The number of rotatable bonds is 5. The molecule has 0 aromatic carbocycles. The standard InChI is InChI=1S/C15H28N2O2S/c1-2-20-13-7-5-6-12(10-13)17-14(18)16-11-15(19)8-3-4-9-15/h12-13,19H,2-11H2,1H3,(H2,16,17,18). The van der Waals surface area contributed by atoms with E-state index in [1.807, 2.05) is 11.8 Å². The Morgan fingerprint density at radius 2 is 2.05 bits per heavy atom. The van der Waals surface area contributed by atoms with Gasteiger partial charge in [-0.05, 0) is 37.9 Å². The molecule has 0 spiro atoms. The molecular formula is C15H28N2O2S. The van der Waals surface area contributed by atoms with Gasteiger partial charge >= 0.3 is 6.03 Å². The van der Waals surface area contributed by atoms with E-state index in [0.29, 0.717) is 17.8 Å². The Balaban J connectivity index is 1.68. The molecule has 0 saturated heterocycles. The Hall–Kier alpha value is -0.420. The van der Waals surface area contributed by atoms with E-state index in [1.165, 1.54) is 12.8 Å². The van der Waals surface area contributed by atoms with Gasteiger partial charge in [-0.25, -0.2) is 4.79 Å². The Kier molecular flexibility index (Phi) is 6.02. The second-order valence-corrected chi connectivity index (χ2v) is 7.78. The largest absolute Gasteiger partial charge is 0.388 e. The molecule has 0 radical (unpaired) electrons. The molecule has 2 unspecified atom stereocenters. The molecule has 0 aromatic heterocycles. The highest BCUT2D eigenvalue weighted by atomic mass is 32.2. The minimum atomic E-state index is -0.662. The molecule has 5 heteroatoms. The molecule has 2 aliphatic rings. The molecule has 0 heterocycles. The number of thioether (sulfide) groups is 1. The number of aliphatic hydroxyl groups is 1.